The summed E-state index contributed by atoms with van der Waals surface area (Å²) in [5.41, 5.74) is -0.707. The molecule has 0 saturated carbocycles. The zero-order valence-corrected chi connectivity index (χ0v) is 8.02. The van der Waals surface area contributed by atoms with Crippen LogP contribution in [0.1, 0.15) is 6.42 Å². The molecule has 0 atom stereocenters. The van der Waals surface area contributed by atoms with Gasteiger partial charge in [-0.25, -0.2) is 5.10 Å². The molecule has 0 aliphatic rings. The normalized spacial score (nSPS) is 11.5. The zero-order chi connectivity index (χ0) is 11.5. The molecule has 8 heteroatoms. The summed E-state index contributed by atoms with van der Waals surface area (Å²) in [4.78, 5) is 10.8. The molecule has 1 rings (SSSR count). The van der Waals surface area contributed by atoms with Gasteiger partial charge in [-0.1, -0.05) is 11.6 Å². The highest BCUT2D eigenvalue weighted by Gasteiger charge is 2.27. The lowest BCUT2D eigenvalue weighted by Gasteiger charge is -2.08. The molecule has 84 valence electrons. The third kappa shape index (κ3) is 3.78. The van der Waals surface area contributed by atoms with Gasteiger partial charge in [-0.3, -0.25) is 4.79 Å². The molecular formula is C7H6ClF3N2O2. The first kappa shape index (κ1) is 11.8. The summed E-state index contributed by atoms with van der Waals surface area (Å²) in [6, 6.07) is 0. The van der Waals surface area contributed by atoms with Crippen LogP contribution in [0.15, 0.2) is 11.0 Å². The van der Waals surface area contributed by atoms with E-state index < -0.39 is 24.8 Å². The summed E-state index contributed by atoms with van der Waals surface area (Å²) in [5, 5.41) is 5.03. The minimum absolute atomic E-state index is 0.162. The van der Waals surface area contributed by atoms with E-state index in [1.165, 1.54) is 0 Å². The number of hydrogen-bond acceptors (Lipinski definition) is 3. The van der Waals surface area contributed by atoms with Crippen LogP contribution in [-0.4, -0.2) is 23.0 Å². The predicted molar refractivity (Wildman–Crippen MR) is 46.0 cm³/mol. The fourth-order valence-electron chi connectivity index (χ4n) is 0.745. The fraction of sp³-hybridized carbons (Fsp3) is 0.429. The number of aromatic amines is 1. The van der Waals surface area contributed by atoms with E-state index in [4.69, 9.17) is 11.6 Å². The summed E-state index contributed by atoms with van der Waals surface area (Å²) in [6.45, 7) is -0.603. The Morgan fingerprint density at radius 3 is 2.80 bits per heavy atom. The van der Waals surface area contributed by atoms with E-state index in [0.717, 1.165) is 6.20 Å². The highest BCUT2D eigenvalue weighted by Crippen LogP contribution is 2.22. The number of nitrogens with zero attached hydrogens (tertiary/aromatic N) is 1. The van der Waals surface area contributed by atoms with Crippen LogP contribution in [0.3, 0.4) is 0 Å². The molecule has 1 heterocycles. The third-order valence-corrected chi connectivity index (χ3v) is 1.76. The van der Waals surface area contributed by atoms with Crippen molar-refractivity contribution < 1.29 is 17.9 Å². The second-order valence-electron chi connectivity index (χ2n) is 2.59. The Morgan fingerprint density at radius 2 is 2.20 bits per heavy atom. The predicted octanol–water partition coefficient (Wildman–Crippen LogP) is 1.75. The van der Waals surface area contributed by atoms with E-state index >= 15 is 0 Å². The van der Waals surface area contributed by atoms with Crippen molar-refractivity contribution >= 4 is 11.6 Å². The fourth-order valence-corrected chi connectivity index (χ4v) is 0.890. The van der Waals surface area contributed by atoms with E-state index in [2.05, 4.69) is 9.84 Å². The molecule has 4 nitrogen and oxygen atoms in total. The maximum Gasteiger partial charge on any atom is 0.392 e. The molecule has 0 amide bonds. The van der Waals surface area contributed by atoms with Gasteiger partial charge in [0, 0.05) is 0 Å². The van der Waals surface area contributed by atoms with Crippen molar-refractivity contribution in [2.75, 3.05) is 6.61 Å². The number of rotatable bonds is 3. The van der Waals surface area contributed by atoms with Crippen LogP contribution in [0.25, 0.3) is 0 Å². The van der Waals surface area contributed by atoms with E-state index in [9.17, 15) is 18.0 Å². The molecule has 0 fully saturated rings. The topological polar surface area (TPSA) is 55.0 Å². The number of alkyl halides is 3. The number of nitrogens with one attached hydrogen (secondary N) is 1. The molecule has 1 N–H and O–H groups in total. The Bertz CT molecular complexity index is 391. The Hall–Kier alpha value is -1.24. The van der Waals surface area contributed by atoms with Crippen LogP contribution in [0.5, 0.6) is 5.75 Å². The van der Waals surface area contributed by atoms with Crippen molar-refractivity contribution in [3.05, 3.63) is 21.6 Å². The number of ether oxygens (including phenoxy) is 1. The monoisotopic (exact) mass is 242 g/mol. The van der Waals surface area contributed by atoms with Crippen molar-refractivity contribution in [1.29, 1.82) is 0 Å². The molecule has 0 spiro atoms. The summed E-state index contributed by atoms with van der Waals surface area (Å²) in [7, 11) is 0. The Morgan fingerprint density at radius 1 is 1.53 bits per heavy atom. The van der Waals surface area contributed by atoms with Crippen molar-refractivity contribution in [2.45, 2.75) is 12.6 Å². The summed E-state index contributed by atoms with van der Waals surface area (Å²) >= 11 is 5.45. The lowest BCUT2D eigenvalue weighted by atomic mass is 10.4. The van der Waals surface area contributed by atoms with Crippen LogP contribution >= 0.6 is 11.6 Å². The average molecular weight is 243 g/mol. The maximum atomic E-state index is 11.7. The second-order valence-corrected chi connectivity index (χ2v) is 2.97. The minimum Gasteiger partial charge on any atom is -0.490 e. The van der Waals surface area contributed by atoms with Crippen LogP contribution < -0.4 is 10.3 Å². The second kappa shape index (κ2) is 4.52. The van der Waals surface area contributed by atoms with Crippen molar-refractivity contribution in [1.82, 2.24) is 10.2 Å². The highest BCUT2D eigenvalue weighted by atomic mass is 35.5. The Labute approximate surface area is 87.0 Å². The Kier molecular flexibility index (Phi) is 3.57. The lowest BCUT2D eigenvalue weighted by molar-refractivity contribution is -0.139. The van der Waals surface area contributed by atoms with Crippen molar-refractivity contribution in [2.24, 2.45) is 0 Å². The van der Waals surface area contributed by atoms with E-state index in [0.29, 0.717) is 0 Å². The van der Waals surface area contributed by atoms with Gasteiger partial charge in [-0.15, -0.1) is 0 Å². The molecular weight excluding hydrogens is 237 g/mol. The van der Waals surface area contributed by atoms with Gasteiger partial charge in [0.25, 0.3) is 5.56 Å². The van der Waals surface area contributed by atoms with E-state index in [1.807, 2.05) is 5.10 Å². The van der Waals surface area contributed by atoms with Gasteiger partial charge < -0.3 is 4.74 Å². The van der Waals surface area contributed by atoms with Gasteiger partial charge in [0.1, 0.15) is 0 Å². The summed E-state index contributed by atoms with van der Waals surface area (Å²) < 4.78 is 39.9. The molecule has 1 aromatic heterocycles. The van der Waals surface area contributed by atoms with Crippen LogP contribution in [0, 0.1) is 0 Å². The number of hydrogen-bond donors (Lipinski definition) is 1. The Balaban J connectivity index is 2.59. The third-order valence-electron chi connectivity index (χ3n) is 1.41. The standard InChI is InChI=1S/C7H6ClF3N2O2/c8-5-4(3-12-13-6(5)14)15-2-1-7(9,10)11/h3H,1-2H2,(H,13,14). The molecule has 0 aliphatic heterocycles. The zero-order valence-electron chi connectivity index (χ0n) is 7.27. The largest absolute Gasteiger partial charge is 0.490 e. The molecule has 0 bridgehead atoms. The van der Waals surface area contributed by atoms with Crippen LogP contribution in [0.4, 0.5) is 13.2 Å². The van der Waals surface area contributed by atoms with Crippen LogP contribution in [0.2, 0.25) is 5.02 Å². The van der Waals surface area contributed by atoms with Gasteiger partial charge in [0.15, 0.2) is 10.8 Å². The summed E-state index contributed by atoms with van der Waals surface area (Å²) in [6.07, 6.45) is -4.38. The van der Waals surface area contributed by atoms with Gasteiger partial charge in [-0.2, -0.15) is 18.3 Å². The van der Waals surface area contributed by atoms with E-state index in [-0.39, 0.29) is 10.8 Å². The first-order valence-corrected chi connectivity index (χ1v) is 4.20. The van der Waals surface area contributed by atoms with Gasteiger partial charge in [0.2, 0.25) is 0 Å². The number of halogens is 4. The molecule has 0 aliphatic carbocycles. The molecule has 15 heavy (non-hydrogen) atoms. The van der Waals surface area contributed by atoms with Crippen molar-refractivity contribution in [3.63, 3.8) is 0 Å². The van der Waals surface area contributed by atoms with Gasteiger partial charge >= 0.3 is 6.18 Å². The van der Waals surface area contributed by atoms with Gasteiger partial charge in [0.05, 0.1) is 19.2 Å². The molecule has 0 saturated heterocycles. The van der Waals surface area contributed by atoms with Gasteiger partial charge in [-0.05, 0) is 0 Å². The first-order chi connectivity index (χ1) is 6.90. The highest BCUT2D eigenvalue weighted by molar-refractivity contribution is 6.31. The number of aromatic nitrogens is 2. The van der Waals surface area contributed by atoms with E-state index in [1.54, 1.807) is 0 Å². The lowest BCUT2D eigenvalue weighted by Crippen LogP contribution is -2.15. The maximum absolute atomic E-state index is 11.7. The number of H-pyrrole nitrogens is 1. The molecule has 1 aromatic rings. The average Bonchev–Trinajstić information content (AvgIpc) is 2.10. The molecule has 0 unspecified atom stereocenters. The van der Waals surface area contributed by atoms with Crippen LogP contribution in [-0.2, 0) is 0 Å². The SMILES string of the molecule is O=c1[nH]ncc(OCCC(F)(F)F)c1Cl. The molecule has 0 radical (unpaired) electrons. The first-order valence-electron chi connectivity index (χ1n) is 3.83. The van der Waals surface area contributed by atoms with Crippen molar-refractivity contribution in [3.8, 4) is 5.75 Å². The quantitative estimate of drug-likeness (QED) is 0.879. The smallest absolute Gasteiger partial charge is 0.392 e. The minimum atomic E-state index is -4.30. The summed E-state index contributed by atoms with van der Waals surface area (Å²) in [5.74, 6) is -0.162. The molecule has 0 aromatic carbocycles.